The number of carbonyl (C=O) groups is 1. The highest BCUT2D eigenvalue weighted by Gasteiger charge is 2.17. The molecule has 2 aromatic rings. The van der Waals surface area contributed by atoms with Gasteiger partial charge in [-0.25, -0.2) is 5.43 Å². The quantitative estimate of drug-likeness (QED) is 0.596. The normalized spacial score (nSPS) is 11.6. The van der Waals surface area contributed by atoms with E-state index in [1.165, 1.54) is 0 Å². The fraction of sp³-hybridized carbons (Fsp3) is 0.263. The van der Waals surface area contributed by atoms with Crippen LogP contribution in [0.4, 0.5) is 0 Å². The number of aromatic hydroxyl groups is 2. The van der Waals surface area contributed by atoms with Gasteiger partial charge in [0.05, 0.1) is 12.6 Å². The Morgan fingerprint density at radius 3 is 2.50 bits per heavy atom. The smallest absolute Gasteiger partial charge is 0.244 e. The van der Waals surface area contributed by atoms with Crippen LogP contribution in [0.2, 0.25) is 0 Å². The first-order chi connectivity index (χ1) is 11.3. The summed E-state index contributed by atoms with van der Waals surface area (Å²) in [5.41, 5.74) is 4.80. The van der Waals surface area contributed by atoms with Gasteiger partial charge < -0.3 is 10.2 Å². The van der Waals surface area contributed by atoms with Gasteiger partial charge in [-0.05, 0) is 52.4 Å². The molecule has 2 aromatic carbocycles. The van der Waals surface area contributed by atoms with Crippen LogP contribution >= 0.6 is 0 Å². The van der Waals surface area contributed by atoms with E-state index >= 15 is 0 Å². The molecule has 0 bridgehead atoms. The number of nitrogens with one attached hydrogen (secondary N) is 1. The van der Waals surface area contributed by atoms with Crippen LogP contribution in [0.15, 0.2) is 47.6 Å². The number of hydrogen-bond donors (Lipinski definition) is 3. The van der Waals surface area contributed by atoms with Crippen molar-refractivity contribution in [1.82, 2.24) is 5.43 Å². The minimum Gasteiger partial charge on any atom is -0.508 e. The van der Waals surface area contributed by atoms with Crippen molar-refractivity contribution in [1.29, 1.82) is 0 Å². The van der Waals surface area contributed by atoms with Gasteiger partial charge in [-0.1, -0.05) is 32.9 Å². The van der Waals surface area contributed by atoms with Crippen molar-refractivity contribution < 1.29 is 15.0 Å². The number of amides is 1. The number of hydrogen-bond acceptors (Lipinski definition) is 4. The summed E-state index contributed by atoms with van der Waals surface area (Å²) in [4.78, 5) is 11.9. The summed E-state index contributed by atoms with van der Waals surface area (Å²) in [5, 5.41) is 23.1. The van der Waals surface area contributed by atoms with E-state index < -0.39 is 0 Å². The predicted octanol–water partition coefficient (Wildman–Crippen LogP) is 3.09. The molecular formula is C19H22N2O3. The fourth-order valence-corrected chi connectivity index (χ4v) is 2.37. The van der Waals surface area contributed by atoms with E-state index in [4.69, 9.17) is 0 Å². The highest BCUT2D eigenvalue weighted by atomic mass is 16.3. The molecular weight excluding hydrogens is 304 g/mol. The third-order valence-corrected chi connectivity index (χ3v) is 3.51. The van der Waals surface area contributed by atoms with Crippen molar-refractivity contribution in [2.75, 3.05) is 0 Å². The van der Waals surface area contributed by atoms with Gasteiger partial charge in [0.1, 0.15) is 11.5 Å². The Hall–Kier alpha value is -2.82. The summed E-state index contributed by atoms with van der Waals surface area (Å²) in [6.45, 7) is 6.12. The van der Waals surface area contributed by atoms with Gasteiger partial charge in [-0.2, -0.15) is 5.10 Å². The van der Waals surface area contributed by atoms with E-state index in [1.807, 2.05) is 20.8 Å². The molecule has 0 aliphatic carbocycles. The van der Waals surface area contributed by atoms with E-state index in [9.17, 15) is 15.0 Å². The molecule has 0 radical (unpaired) electrons. The van der Waals surface area contributed by atoms with Gasteiger partial charge in [0, 0.05) is 0 Å². The average Bonchev–Trinajstić information content (AvgIpc) is 2.47. The molecule has 3 N–H and O–H groups in total. The van der Waals surface area contributed by atoms with Gasteiger partial charge >= 0.3 is 0 Å². The second-order valence-corrected chi connectivity index (χ2v) is 6.66. The zero-order valence-electron chi connectivity index (χ0n) is 14.1. The highest BCUT2D eigenvalue weighted by molar-refractivity contribution is 5.85. The predicted molar refractivity (Wildman–Crippen MR) is 94.4 cm³/mol. The molecule has 2 rings (SSSR count). The molecule has 0 heterocycles. The first-order valence-electron chi connectivity index (χ1n) is 7.69. The van der Waals surface area contributed by atoms with E-state index in [1.54, 1.807) is 48.7 Å². The molecule has 24 heavy (non-hydrogen) atoms. The van der Waals surface area contributed by atoms with Gasteiger partial charge in [-0.15, -0.1) is 0 Å². The highest BCUT2D eigenvalue weighted by Crippen LogP contribution is 2.28. The second kappa shape index (κ2) is 7.17. The lowest BCUT2D eigenvalue weighted by Crippen LogP contribution is -2.20. The lowest BCUT2D eigenvalue weighted by molar-refractivity contribution is -0.120. The molecule has 0 aromatic heterocycles. The van der Waals surface area contributed by atoms with Gasteiger partial charge in [0.2, 0.25) is 5.91 Å². The number of hydrazone groups is 1. The molecule has 126 valence electrons. The molecule has 0 spiro atoms. The number of benzene rings is 2. The largest absolute Gasteiger partial charge is 0.508 e. The van der Waals surface area contributed by atoms with Crippen molar-refractivity contribution in [2.24, 2.45) is 5.10 Å². The number of phenolic OH excluding ortho intramolecular Hbond substituents is 2. The van der Waals surface area contributed by atoms with Crippen LogP contribution < -0.4 is 5.43 Å². The van der Waals surface area contributed by atoms with E-state index in [0.717, 1.165) is 11.1 Å². The maximum atomic E-state index is 11.9. The standard InChI is InChI=1S/C19H22N2O3/c1-19(2,3)17-11-16(23)8-7-14(17)12-20-21-18(24)10-13-5-4-6-15(22)9-13/h4-9,11-12,22-23H,10H2,1-3H3,(H,21,24). The lowest BCUT2D eigenvalue weighted by atomic mass is 9.84. The monoisotopic (exact) mass is 326 g/mol. The molecule has 0 fully saturated rings. The molecule has 0 unspecified atom stereocenters. The third-order valence-electron chi connectivity index (χ3n) is 3.51. The molecule has 5 nitrogen and oxygen atoms in total. The Labute approximate surface area is 141 Å². The van der Waals surface area contributed by atoms with E-state index in [2.05, 4.69) is 10.5 Å². The van der Waals surface area contributed by atoms with E-state index in [-0.39, 0.29) is 29.2 Å². The van der Waals surface area contributed by atoms with Crippen molar-refractivity contribution in [3.05, 3.63) is 59.2 Å². The first-order valence-corrected chi connectivity index (χ1v) is 7.69. The maximum absolute atomic E-state index is 11.9. The minimum absolute atomic E-state index is 0.128. The SMILES string of the molecule is CC(C)(C)c1cc(O)ccc1C=NNC(=O)Cc1cccc(O)c1. The summed E-state index contributed by atoms with van der Waals surface area (Å²) in [6, 6.07) is 11.6. The van der Waals surface area contributed by atoms with Gasteiger partial charge in [0.15, 0.2) is 0 Å². The average molecular weight is 326 g/mol. The molecule has 5 heteroatoms. The summed E-state index contributed by atoms with van der Waals surface area (Å²) < 4.78 is 0. The second-order valence-electron chi connectivity index (χ2n) is 6.66. The maximum Gasteiger partial charge on any atom is 0.244 e. The third kappa shape index (κ3) is 4.84. The van der Waals surface area contributed by atoms with Crippen molar-refractivity contribution in [3.8, 4) is 11.5 Å². The van der Waals surface area contributed by atoms with Crippen molar-refractivity contribution in [2.45, 2.75) is 32.6 Å². The molecule has 0 atom stereocenters. The van der Waals surface area contributed by atoms with Crippen LogP contribution in [0, 0.1) is 0 Å². The van der Waals surface area contributed by atoms with Crippen molar-refractivity contribution in [3.63, 3.8) is 0 Å². The topological polar surface area (TPSA) is 81.9 Å². The Morgan fingerprint density at radius 2 is 1.83 bits per heavy atom. The molecule has 1 amide bonds. The summed E-state index contributed by atoms with van der Waals surface area (Å²) in [6.07, 6.45) is 1.70. The zero-order chi connectivity index (χ0) is 17.7. The first kappa shape index (κ1) is 17.5. The van der Waals surface area contributed by atoms with Crippen molar-refractivity contribution >= 4 is 12.1 Å². The lowest BCUT2D eigenvalue weighted by Gasteiger charge is -2.21. The molecule has 0 saturated heterocycles. The Morgan fingerprint density at radius 1 is 1.12 bits per heavy atom. The number of phenols is 2. The fourth-order valence-electron chi connectivity index (χ4n) is 2.37. The van der Waals surface area contributed by atoms with Crippen LogP contribution in [0.5, 0.6) is 11.5 Å². The van der Waals surface area contributed by atoms with Crippen LogP contribution in [-0.2, 0) is 16.6 Å². The number of carbonyl (C=O) groups excluding carboxylic acids is 1. The minimum atomic E-state index is -0.270. The molecule has 0 saturated carbocycles. The Kier molecular flexibility index (Phi) is 5.24. The van der Waals surface area contributed by atoms with Gasteiger partial charge in [0.25, 0.3) is 0 Å². The van der Waals surface area contributed by atoms with Crippen LogP contribution in [-0.4, -0.2) is 22.3 Å². The Bertz CT molecular complexity index is 761. The summed E-state index contributed by atoms with van der Waals surface area (Å²) in [7, 11) is 0. The summed E-state index contributed by atoms with van der Waals surface area (Å²) >= 11 is 0. The van der Waals surface area contributed by atoms with Gasteiger partial charge in [-0.3, -0.25) is 4.79 Å². The molecule has 0 aliphatic heterocycles. The zero-order valence-corrected chi connectivity index (χ0v) is 14.1. The number of nitrogens with zero attached hydrogens (tertiary/aromatic N) is 1. The van der Waals surface area contributed by atoms with Crippen LogP contribution in [0.3, 0.4) is 0 Å². The number of rotatable bonds is 4. The molecule has 0 aliphatic rings. The Balaban J connectivity index is 2.05. The van der Waals surface area contributed by atoms with Crippen LogP contribution in [0.1, 0.15) is 37.5 Å². The van der Waals surface area contributed by atoms with E-state index in [0.29, 0.717) is 5.56 Å². The van der Waals surface area contributed by atoms with Crippen LogP contribution in [0.25, 0.3) is 0 Å². The summed E-state index contributed by atoms with van der Waals surface area (Å²) in [5.74, 6) is 0.0562.